The number of ether oxygens (including phenoxy) is 1. The Bertz CT molecular complexity index is 791. The molecule has 0 fully saturated rings. The molecule has 0 saturated heterocycles. The minimum Gasteiger partial charge on any atom is -0.468 e. The highest BCUT2D eigenvalue weighted by molar-refractivity contribution is 7.89. The van der Waals surface area contributed by atoms with Crippen LogP contribution in [0, 0.1) is 0 Å². The smallest absolute Gasteiger partial charge is 0.324 e. The lowest BCUT2D eigenvalue weighted by Crippen LogP contribution is -2.43. The minimum atomic E-state index is -3.84. The Morgan fingerprint density at radius 2 is 1.88 bits per heavy atom. The van der Waals surface area contributed by atoms with Gasteiger partial charge in [0.1, 0.15) is 6.04 Å². The molecule has 0 radical (unpaired) electrons. The van der Waals surface area contributed by atoms with E-state index in [9.17, 15) is 13.2 Å². The predicted octanol–water partition coefficient (Wildman–Crippen LogP) is 1.71. The Morgan fingerprint density at radius 1 is 1.21 bits per heavy atom. The molecule has 2 aromatic rings. The Morgan fingerprint density at radius 3 is 2.50 bits per heavy atom. The lowest BCUT2D eigenvalue weighted by atomic mass is 10.1. The van der Waals surface area contributed by atoms with Crippen molar-refractivity contribution in [3.8, 4) is 0 Å². The van der Waals surface area contributed by atoms with Crippen LogP contribution in [0.1, 0.15) is 18.1 Å². The van der Waals surface area contributed by atoms with E-state index in [2.05, 4.69) is 9.71 Å². The summed E-state index contributed by atoms with van der Waals surface area (Å²) in [6.07, 6.45) is 3.93. The number of sulfonamides is 1. The van der Waals surface area contributed by atoms with Gasteiger partial charge < -0.3 is 4.74 Å². The van der Waals surface area contributed by atoms with E-state index in [0.717, 1.165) is 5.56 Å². The Kier molecular flexibility index (Phi) is 6.05. The largest absolute Gasteiger partial charge is 0.468 e. The van der Waals surface area contributed by atoms with E-state index in [-0.39, 0.29) is 11.3 Å². The number of carbonyl (C=O) groups is 1. The Balaban J connectivity index is 2.29. The highest BCUT2D eigenvalue weighted by atomic mass is 32.2. The number of rotatable bonds is 7. The maximum atomic E-state index is 12.7. The zero-order valence-electron chi connectivity index (χ0n) is 13.6. The van der Waals surface area contributed by atoms with Crippen LogP contribution < -0.4 is 4.72 Å². The van der Waals surface area contributed by atoms with Gasteiger partial charge in [0.25, 0.3) is 0 Å². The standard InChI is InChI=1S/C17H20N2O4S/c1-3-14-6-4-5-7-16(14)24(21,22)19-15(17(20)23-2)12-13-8-10-18-11-9-13/h4-11,15,19H,3,12H2,1-2H3. The summed E-state index contributed by atoms with van der Waals surface area (Å²) in [4.78, 5) is 16.1. The zero-order valence-corrected chi connectivity index (χ0v) is 14.4. The van der Waals surface area contributed by atoms with E-state index in [0.29, 0.717) is 12.0 Å². The molecule has 1 aromatic carbocycles. The van der Waals surface area contributed by atoms with Gasteiger partial charge in [-0.2, -0.15) is 4.72 Å². The fraction of sp³-hybridized carbons (Fsp3) is 0.294. The number of hydrogen-bond acceptors (Lipinski definition) is 5. The molecule has 1 unspecified atom stereocenters. The van der Waals surface area contributed by atoms with Gasteiger partial charge in [-0.25, -0.2) is 8.42 Å². The summed E-state index contributed by atoms with van der Waals surface area (Å²) < 4.78 is 32.6. The third-order valence-electron chi connectivity index (χ3n) is 3.62. The number of methoxy groups -OCH3 is 1. The van der Waals surface area contributed by atoms with E-state index < -0.39 is 22.0 Å². The van der Waals surface area contributed by atoms with Crippen LogP contribution in [0.4, 0.5) is 0 Å². The fourth-order valence-electron chi connectivity index (χ4n) is 2.38. The van der Waals surface area contributed by atoms with Crippen molar-refractivity contribution in [1.82, 2.24) is 9.71 Å². The number of pyridine rings is 1. The molecule has 1 N–H and O–H groups in total. The van der Waals surface area contributed by atoms with E-state index in [4.69, 9.17) is 4.74 Å². The second-order valence-electron chi connectivity index (χ2n) is 5.22. The minimum absolute atomic E-state index is 0.177. The summed E-state index contributed by atoms with van der Waals surface area (Å²) in [6, 6.07) is 9.17. The summed E-state index contributed by atoms with van der Waals surface area (Å²) in [7, 11) is -2.61. The molecule has 0 aliphatic carbocycles. The van der Waals surface area contributed by atoms with Gasteiger partial charge in [0.15, 0.2) is 0 Å². The van der Waals surface area contributed by atoms with E-state index >= 15 is 0 Å². The first-order chi connectivity index (χ1) is 11.5. The first kappa shape index (κ1) is 18.1. The molecule has 0 amide bonds. The van der Waals surface area contributed by atoms with Gasteiger partial charge >= 0.3 is 5.97 Å². The molecule has 0 spiro atoms. The summed E-state index contributed by atoms with van der Waals surface area (Å²) in [5.41, 5.74) is 1.48. The summed E-state index contributed by atoms with van der Waals surface area (Å²) in [5, 5.41) is 0. The number of carbonyl (C=O) groups excluding carboxylic acids is 1. The topological polar surface area (TPSA) is 85.4 Å². The molecule has 24 heavy (non-hydrogen) atoms. The van der Waals surface area contributed by atoms with Crippen molar-refractivity contribution in [2.75, 3.05) is 7.11 Å². The van der Waals surface area contributed by atoms with Crippen LogP contribution in [0.15, 0.2) is 53.7 Å². The second kappa shape index (κ2) is 8.03. The quantitative estimate of drug-likeness (QED) is 0.770. The summed E-state index contributed by atoms with van der Waals surface area (Å²) >= 11 is 0. The molecular formula is C17H20N2O4S. The van der Waals surface area contributed by atoms with Crippen molar-refractivity contribution in [2.45, 2.75) is 30.7 Å². The molecule has 7 heteroatoms. The molecule has 1 heterocycles. The average Bonchev–Trinajstić information content (AvgIpc) is 2.61. The average molecular weight is 348 g/mol. The van der Waals surface area contributed by atoms with E-state index in [1.54, 1.807) is 42.7 Å². The second-order valence-corrected chi connectivity index (χ2v) is 6.90. The normalized spacial score (nSPS) is 12.6. The molecule has 6 nitrogen and oxygen atoms in total. The molecule has 1 aromatic heterocycles. The molecule has 1 atom stereocenters. The number of aromatic nitrogens is 1. The van der Waals surface area contributed by atoms with E-state index in [1.807, 2.05) is 6.92 Å². The van der Waals surface area contributed by atoms with Crippen LogP contribution in [0.25, 0.3) is 0 Å². The van der Waals surface area contributed by atoms with Gasteiger partial charge in [0, 0.05) is 12.4 Å². The van der Waals surface area contributed by atoms with Crippen molar-refractivity contribution >= 4 is 16.0 Å². The molecule has 0 aliphatic heterocycles. The molecule has 0 bridgehead atoms. The van der Waals surface area contributed by atoms with Crippen molar-refractivity contribution in [3.05, 3.63) is 59.9 Å². The number of hydrogen-bond donors (Lipinski definition) is 1. The van der Waals surface area contributed by atoms with Gasteiger partial charge in [-0.1, -0.05) is 25.1 Å². The highest BCUT2D eigenvalue weighted by Crippen LogP contribution is 2.17. The number of nitrogens with one attached hydrogen (secondary N) is 1. The van der Waals surface area contributed by atoms with Gasteiger partial charge in [0.2, 0.25) is 10.0 Å². The lowest BCUT2D eigenvalue weighted by Gasteiger charge is -2.18. The number of aryl methyl sites for hydroxylation is 1. The van der Waals surface area contributed by atoms with Crippen molar-refractivity contribution < 1.29 is 17.9 Å². The first-order valence-electron chi connectivity index (χ1n) is 7.55. The number of nitrogens with zero attached hydrogens (tertiary/aromatic N) is 1. The third kappa shape index (κ3) is 4.39. The predicted molar refractivity (Wildman–Crippen MR) is 89.9 cm³/mol. The van der Waals surface area contributed by atoms with Crippen LogP contribution >= 0.6 is 0 Å². The maximum Gasteiger partial charge on any atom is 0.324 e. The van der Waals surface area contributed by atoms with Crippen molar-refractivity contribution in [2.24, 2.45) is 0 Å². The zero-order chi connectivity index (χ0) is 17.6. The summed E-state index contributed by atoms with van der Waals surface area (Å²) in [6.45, 7) is 1.88. The Hall–Kier alpha value is -2.25. The Labute approximate surface area is 141 Å². The van der Waals surface area contributed by atoms with Gasteiger partial charge in [-0.3, -0.25) is 9.78 Å². The molecule has 2 rings (SSSR count). The SMILES string of the molecule is CCc1ccccc1S(=O)(=O)NC(Cc1ccncc1)C(=O)OC. The lowest BCUT2D eigenvalue weighted by molar-refractivity contribution is -0.142. The molecule has 0 saturated carbocycles. The molecule has 0 aliphatic rings. The monoisotopic (exact) mass is 348 g/mol. The van der Waals surface area contributed by atoms with Gasteiger partial charge in [-0.05, 0) is 42.2 Å². The van der Waals surface area contributed by atoms with Crippen LogP contribution in [-0.2, 0) is 32.4 Å². The van der Waals surface area contributed by atoms with Gasteiger partial charge in [-0.15, -0.1) is 0 Å². The third-order valence-corrected chi connectivity index (χ3v) is 5.19. The summed E-state index contributed by atoms with van der Waals surface area (Å²) in [5.74, 6) is -0.635. The van der Waals surface area contributed by atoms with Crippen molar-refractivity contribution in [3.63, 3.8) is 0 Å². The van der Waals surface area contributed by atoms with Crippen LogP contribution in [0.3, 0.4) is 0 Å². The van der Waals surface area contributed by atoms with Crippen LogP contribution in [0.5, 0.6) is 0 Å². The highest BCUT2D eigenvalue weighted by Gasteiger charge is 2.27. The maximum absolute atomic E-state index is 12.7. The number of benzene rings is 1. The van der Waals surface area contributed by atoms with Crippen LogP contribution in [0.2, 0.25) is 0 Å². The fourth-order valence-corrected chi connectivity index (χ4v) is 3.88. The van der Waals surface area contributed by atoms with Crippen molar-refractivity contribution in [1.29, 1.82) is 0 Å². The molecular weight excluding hydrogens is 328 g/mol. The van der Waals surface area contributed by atoms with Crippen LogP contribution in [-0.4, -0.2) is 32.5 Å². The van der Waals surface area contributed by atoms with Gasteiger partial charge in [0.05, 0.1) is 12.0 Å². The number of esters is 1. The first-order valence-corrected chi connectivity index (χ1v) is 9.03. The van der Waals surface area contributed by atoms with E-state index in [1.165, 1.54) is 13.2 Å². The molecule has 128 valence electrons.